The van der Waals surface area contributed by atoms with E-state index in [0.717, 1.165) is 12.0 Å². The molecule has 0 aliphatic carbocycles. The van der Waals surface area contributed by atoms with E-state index in [1.807, 2.05) is 36.4 Å². The number of fused-ring (bicyclic) bond motifs is 1. The van der Waals surface area contributed by atoms with Gasteiger partial charge in [-0.15, -0.1) is 6.58 Å². The van der Waals surface area contributed by atoms with Gasteiger partial charge in [-0.1, -0.05) is 48.6 Å². The lowest BCUT2D eigenvalue weighted by Crippen LogP contribution is -2.45. The van der Waals surface area contributed by atoms with Crippen molar-refractivity contribution in [1.29, 1.82) is 0 Å². The highest BCUT2D eigenvalue weighted by Gasteiger charge is 2.35. The lowest BCUT2D eigenvalue weighted by molar-refractivity contribution is -0.261. The molecule has 0 amide bonds. The third kappa shape index (κ3) is 2.78. The predicted octanol–water partition coefficient (Wildman–Crippen LogP) is 3.00. The molecule has 0 aromatic heterocycles. The maximum absolute atomic E-state index is 5.94. The van der Waals surface area contributed by atoms with Crippen LogP contribution < -0.4 is 0 Å². The molecule has 3 heteroatoms. The van der Waals surface area contributed by atoms with Crippen molar-refractivity contribution in [2.75, 3.05) is 6.61 Å². The van der Waals surface area contributed by atoms with Gasteiger partial charge in [0.1, 0.15) is 12.2 Å². The summed E-state index contributed by atoms with van der Waals surface area (Å²) in [6, 6.07) is 9.99. The number of benzene rings is 1. The number of hydrogen-bond acceptors (Lipinski definition) is 3. The average Bonchev–Trinajstić information content (AvgIpc) is 2.48. The summed E-state index contributed by atoms with van der Waals surface area (Å²) in [6.07, 6.45) is 6.58. The van der Waals surface area contributed by atoms with Crippen molar-refractivity contribution in [3.05, 3.63) is 60.7 Å². The first-order valence-corrected chi connectivity index (χ1v) is 6.63. The Hall–Kier alpha value is -1.42. The van der Waals surface area contributed by atoms with Gasteiger partial charge >= 0.3 is 0 Å². The standard InChI is InChI=1S/C16H18O3/c1-2-6-13-9-10-14-15(18-13)11-17-16(19-14)12-7-4-3-5-8-12/h2-5,7-10,13-16H,1,6,11H2/t13-,14-,15+,16?/m0/s1. The monoisotopic (exact) mass is 258 g/mol. The van der Waals surface area contributed by atoms with Gasteiger partial charge in [-0.25, -0.2) is 0 Å². The summed E-state index contributed by atoms with van der Waals surface area (Å²) < 4.78 is 17.6. The molecule has 1 aromatic carbocycles. The zero-order valence-electron chi connectivity index (χ0n) is 10.8. The van der Waals surface area contributed by atoms with Crippen LogP contribution in [0.2, 0.25) is 0 Å². The van der Waals surface area contributed by atoms with Crippen LogP contribution in [-0.4, -0.2) is 24.9 Å². The molecule has 0 saturated carbocycles. The second-order valence-electron chi connectivity index (χ2n) is 4.80. The minimum Gasteiger partial charge on any atom is -0.365 e. The van der Waals surface area contributed by atoms with Gasteiger partial charge in [-0.05, 0) is 6.42 Å². The van der Waals surface area contributed by atoms with Gasteiger partial charge in [-0.2, -0.15) is 0 Å². The molecule has 1 aromatic rings. The molecule has 3 nitrogen and oxygen atoms in total. The summed E-state index contributed by atoms with van der Waals surface area (Å²) in [6.45, 7) is 4.29. The van der Waals surface area contributed by atoms with Crippen LogP contribution in [0.15, 0.2) is 55.1 Å². The van der Waals surface area contributed by atoms with Crippen LogP contribution >= 0.6 is 0 Å². The van der Waals surface area contributed by atoms with Crippen molar-refractivity contribution in [1.82, 2.24) is 0 Å². The summed E-state index contributed by atoms with van der Waals surface area (Å²) in [5, 5.41) is 0. The quantitative estimate of drug-likeness (QED) is 0.780. The lowest BCUT2D eigenvalue weighted by atomic mass is 10.1. The largest absolute Gasteiger partial charge is 0.365 e. The smallest absolute Gasteiger partial charge is 0.184 e. The molecule has 0 bridgehead atoms. The molecule has 0 N–H and O–H groups in total. The molecule has 1 saturated heterocycles. The van der Waals surface area contributed by atoms with Gasteiger partial charge in [0.15, 0.2) is 6.29 Å². The lowest BCUT2D eigenvalue weighted by Gasteiger charge is -2.39. The third-order valence-electron chi connectivity index (χ3n) is 3.39. The van der Waals surface area contributed by atoms with Crippen LogP contribution in [0.4, 0.5) is 0 Å². The topological polar surface area (TPSA) is 27.7 Å². The fraction of sp³-hybridized carbons (Fsp3) is 0.375. The van der Waals surface area contributed by atoms with E-state index in [4.69, 9.17) is 14.2 Å². The molecule has 0 spiro atoms. The molecule has 2 aliphatic heterocycles. The molecule has 2 aliphatic rings. The number of rotatable bonds is 3. The van der Waals surface area contributed by atoms with E-state index in [-0.39, 0.29) is 24.6 Å². The van der Waals surface area contributed by atoms with E-state index >= 15 is 0 Å². The summed E-state index contributed by atoms with van der Waals surface area (Å²) in [5.74, 6) is 0. The zero-order chi connectivity index (χ0) is 13.1. The van der Waals surface area contributed by atoms with Crippen LogP contribution in [0.5, 0.6) is 0 Å². The van der Waals surface area contributed by atoms with Gasteiger partial charge in [0.05, 0.1) is 12.7 Å². The Morgan fingerprint density at radius 2 is 2.00 bits per heavy atom. The molecule has 2 heterocycles. The molecular formula is C16H18O3. The van der Waals surface area contributed by atoms with Crippen LogP contribution in [-0.2, 0) is 14.2 Å². The Morgan fingerprint density at radius 1 is 1.16 bits per heavy atom. The fourth-order valence-electron chi connectivity index (χ4n) is 2.42. The highest BCUT2D eigenvalue weighted by Crippen LogP contribution is 2.31. The van der Waals surface area contributed by atoms with Gasteiger partial charge in [0, 0.05) is 5.56 Å². The van der Waals surface area contributed by atoms with Gasteiger partial charge in [0.2, 0.25) is 0 Å². The Bertz CT molecular complexity index is 454. The summed E-state index contributed by atoms with van der Waals surface area (Å²) in [4.78, 5) is 0. The molecule has 0 radical (unpaired) electrons. The number of ether oxygens (including phenoxy) is 3. The normalized spacial score (nSPS) is 33.7. The molecule has 100 valence electrons. The molecule has 1 unspecified atom stereocenters. The maximum Gasteiger partial charge on any atom is 0.184 e. The Balaban J connectivity index is 1.68. The van der Waals surface area contributed by atoms with Crippen LogP contribution in [0, 0.1) is 0 Å². The first-order valence-electron chi connectivity index (χ1n) is 6.63. The van der Waals surface area contributed by atoms with Crippen molar-refractivity contribution in [2.45, 2.75) is 31.0 Å². The highest BCUT2D eigenvalue weighted by atomic mass is 16.7. The molecule has 4 atom stereocenters. The summed E-state index contributed by atoms with van der Waals surface area (Å²) in [7, 11) is 0. The van der Waals surface area contributed by atoms with E-state index < -0.39 is 0 Å². The van der Waals surface area contributed by atoms with Gasteiger partial charge in [0.25, 0.3) is 0 Å². The van der Waals surface area contributed by atoms with Crippen molar-refractivity contribution in [3.8, 4) is 0 Å². The summed E-state index contributed by atoms with van der Waals surface area (Å²) >= 11 is 0. The van der Waals surface area contributed by atoms with Crippen LogP contribution in [0.25, 0.3) is 0 Å². The Labute approximate surface area is 113 Å². The van der Waals surface area contributed by atoms with Gasteiger partial charge in [-0.3, -0.25) is 0 Å². The Morgan fingerprint density at radius 3 is 2.79 bits per heavy atom. The van der Waals surface area contributed by atoms with E-state index in [9.17, 15) is 0 Å². The first kappa shape index (κ1) is 12.6. The fourth-order valence-corrected chi connectivity index (χ4v) is 2.42. The van der Waals surface area contributed by atoms with E-state index in [1.165, 1.54) is 0 Å². The van der Waals surface area contributed by atoms with Crippen molar-refractivity contribution in [3.63, 3.8) is 0 Å². The Kier molecular flexibility index (Phi) is 3.78. The van der Waals surface area contributed by atoms with E-state index in [0.29, 0.717) is 6.61 Å². The van der Waals surface area contributed by atoms with E-state index in [2.05, 4.69) is 18.7 Å². The first-order chi connectivity index (χ1) is 9.36. The third-order valence-corrected chi connectivity index (χ3v) is 3.39. The predicted molar refractivity (Wildman–Crippen MR) is 72.6 cm³/mol. The summed E-state index contributed by atoms with van der Waals surface area (Å²) in [5.41, 5.74) is 1.04. The maximum atomic E-state index is 5.94. The zero-order valence-corrected chi connectivity index (χ0v) is 10.8. The van der Waals surface area contributed by atoms with Crippen molar-refractivity contribution >= 4 is 0 Å². The number of hydrogen-bond donors (Lipinski definition) is 0. The molecule has 3 rings (SSSR count). The SMILES string of the molecule is C=CC[C@H]1C=C[C@@H]2OC(c3ccccc3)OC[C@H]2O1. The second-order valence-corrected chi connectivity index (χ2v) is 4.80. The molecule has 19 heavy (non-hydrogen) atoms. The molecule has 1 fully saturated rings. The van der Waals surface area contributed by atoms with Crippen molar-refractivity contribution in [2.24, 2.45) is 0 Å². The van der Waals surface area contributed by atoms with Gasteiger partial charge < -0.3 is 14.2 Å². The minimum atomic E-state index is -0.299. The average molecular weight is 258 g/mol. The van der Waals surface area contributed by atoms with Crippen molar-refractivity contribution < 1.29 is 14.2 Å². The molecular weight excluding hydrogens is 240 g/mol. The van der Waals surface area contributed by atoms with Crippen LogP contribution in [0.1, 0.15) is 18.3 Å². The second kappa shape index (κ2) is 5.70. The van der Waals surface area contributed by atoms with E-state index in [1.54, 1.807) is 0 Å². The highest BCUT2D eigenvalue weighted by molar-refractivity contribution is 5.17. The minimum absolute atomic E-state index is 0.0186. The van der Waals surface area contributed by atoms with Crippen LogP contribution in [0.3, 0.4) is 0 Å².